The summed E-state index contributed by atoms with van der Waals surface area (Å²) >= 11 is 0. The minimum Gasteiger partial charge on any atom is -0.497 e. The molecule has 3 heteroatoms. The van der Waals surface area contributed by atoms with E-state index in [4.69, 9.17) is 10.5 Å². The quantitative estimate of drug-likeness (QED) is 0.609. The Kier molecular flexibility index (Phi) is 4.26. The summed E-state index contributed by atoms with van der Waals surface area (Å²) in [7, 11) is 1.60. The van der Waals surface area contributed by atoms with E-state index >= 15 is 0 Å². The van der Waals surface area contributed by atoms with Gasteiger partial charge in [-0.2, -0.15) is 0 Å². The third kappa shape index (κ3) is 2.70. The SMILES string of the molecule is C=CCC(N)C(=O)c1ccc(OC)cc1C. The fraction of sp³-hybridized carbons (Fsp3) is 0.308. The van der Waals surface area contributed by atoms with Gasteiger partial charge < -0.3 is 10.5 Å². The van der Waals surface area contributed by atoms with Crippen LogP contribution in [0.25, 0.3) is 0 Å². The highest BCUT2D eigenvalue weighted by Crippen LogP contribution is 2.18. The van der Waals surface area contributed by atoms with Crippen LogP contribution in [0.15, 0.2) is 30.9 Å². The van der Waals surface area contributed by atoms with Gasteiger partial charge in [-0.25, -0.2) is 0 Å². The molecule has 3 nitrogen and oxygen atoms in total. The predicted molar refractivity (Wildman–Crippen MR) is 64.9 cm³/mol. The predicted octanol–water partition coefficient (Wildman–Crippen LogP) is 2.09. The van der Waals surface area contributed by atoms with Crippen LogP contribution in [0.1, 0.15) is 22.3 Å². The standard InChI is InChI=1S/C13H17NO2/c1-4-5-12(14)13(15)11-7-6-10(16-3)8-9(11)2/h4,6-8,12H,1,5,14H2,2-3H3. The molecule has 0 aliphatic heterocycles. The molecule has 0 aliphatic carbocycles. The van der Waals surface area contributed by atoms with Crippen LogP contribution in [0.2, 0.25) is 0 Å². The summed E-state index contributed by atoms with van der Waals surface area (Å²) in [5.41, 5.74) is 7.27. The number of ether oxygens (including phenoxy) is 1. The minimum absolute atomic E-state index is 0.0555. The van der Waals surface area contributed by atoms with Gasteiger partial charge in [0.15, 0.2) is 5.78 Å². The molecule has 0 spiro atoms. The molecule has 1 aromatic rings. The van der Waals surface area contributed by atoms with Crippen molar-refractivity contribution in [3.8, 4) is 5.75 Å². The zero-order valence-corrected chi connectivity index (χ0v) is 9.69. The van der Waals surface area contributed by atoms with E-state index in [0.717, 1.165) is 11.3 Å². The smallest absolute Gasteiger partial charge is 0.180 e. The van der Waals surface area contributed by atoms with Crippen LogP contribution in [0.4, 0.5) is 0 Å². The molecular weight excluding hydrogens is 202 g/mol. The summed E-state index contributed by atoms with van der Waals surface area (Å²) in [5.74, 6) is 0.686. The number of hydrogen-bond donors (Lipinski definition) is 1. The average Bonchev–Trinajstić information content (AvgIpc) is 2.28. The number of ketones is 1. The molecule has 16 heavy (non-hydrogen) atoms. The third-order valence-electron chi connectivity index (χ3n) is 2.46. The number of hydrogen-bond acceptors (Lipinski definition) is 3. The van der Waals surface area contributed by atoms with E-state index in [-0.39, 0.29) is 5.78 Å². The van der Waals surface area contributed by atoms with Gasteiger partial charge in [0.05, 0.1) is 13.2 Å². The Morgan fingerprint density at radius 1 is 1.62 bits per heavy atom. The summed E-state index contributed by atoms with van der Waals surface area (Å²) in [6.07, 6.45) is 2.14. The van der Waals surface area contributed by atoms with E-state index in [1.165, 1.54) is 0 Å². The maximum absolute atomic E-state index is 11.9. The van der Waals surface area contributed by atoms with Gasteiger partial charge in [0.25, 0.3) is 0 Å². The van der Waals surface area contributed by atoms with Crippen molar-refractivity contribution in [2.24, 2.45) is 5.73 Å². The van der Waals surface area contributed by atoms with Gasteiger partial charge in [0.2, 0.25) is 0 Å². The Hall–Kier alpha value is -1.61. The lowest BCUT2D eigenvalue weighted by Gasteiger charge is -2.11. The molecule has 2 N–H and O–H groups in total. The maximum Gasteiger partial charge on any atom is 0.180 e. The van der Waals surface area contributed by atoms with E-state index in [2.05, 4.69) is 6.58 Å². The molecule has 1 rings (SSSR count). The lowest BCUT2D eigenvalue weighted by atomic mass is 9.98. The highest BCUT2D eigenvalue weighted by Gasteiger charge is 2.16. The molecule has 0 aliphatic rings. The summed E-state index contributed by atoms with van der Waals surface area (Å²) < 4.78 is 5.08. The van der Waals surface area contributed by atoms with Crippen molar-refractivity contribution in [2.45, 2.75) is 19.4 Å². The second kappa shape index (κ2) is 5.47. The lowest BCUT2D eigenvalue weighted by molar-refractivity contribution is 0.0961. The Morgan fingerprint density at radius 3 is 2.81 bits per heavy atom. The van der Waals surface area contributed by atoms with Crippen molar-refractivity contribution in [2.75, 3.05) is 7.11 Å². The number of carbonyl (C=O) groups excluding carboxylic acids is 1. The fourth-order valence-electron chi connectivity index (χ4n) is 1.53. The number of aryl methyl sites for hydroxylation is 1. The van der Waals surface area contributed by atoms with E-state index in [0.29, 0.717) is 12.0 Å². The Morgan fingerprint density at radius 2 is 2.31 bits per heavy atom. The van der Waals surface area contributed by atoms with Gasteiger partial charge in [-0.15, -0.1) is 6.58 Å². The highest BCUT2D eigenvalue weighted by atomic mass is 16.5. The topological polar surface area (TPSA) is 52.3 Å². The van der Waals surface area contributed by atoms with E-state index in [1.54, 1.807) is 25.3 Å². The van der Waals surface area contributed by atoms with Gasteiger partial charge in [0, 0.05) is 5.56 Å². The molecule has 1 atom stereocenters. The zero-order chi connectivity index (χ0) is 12.1. The van der Waals surface area contributed by atoms with Gasteiger partial charge in [0.1, 0.15) is 5.75 Å². The highest BCUT2D eigenvalue weighted by molar-refractivity contribution is 6.01. The van der Waals surface area contributed by atoms with Crippen LogP contribution in [0.5, 0.6) is 5.75 Å². The van der Waals surface area contributed by atoms with Crippen molar-refractivity contribution in [3.63, 3.8) is 0 Å². The molecule has 0 saturated heterocycles. The molecule has 86 valence electrons. The van der Waals surface area contributed by atoms with E-state index in [9.17, 15) is 4.79 Å². The number of carbonyl (C=O) groups is 1. The van der Waals surface area contributed by atoms with Crippen LogP contribution in [0, 0.1) is 6.92 Å². The molecule has 0 bridgehead atoms. The molecule has 0 heterocycles. The molecule has 0 aromatic heterocycles. The van der Waals surface area contributed by atoms with Gasteiger partial charge in [-0.1, -0.05) is 6.08 Å². The Bertz CT molecular complexity index is 399. The average molecular weight is 219 g/mol. The first kappa shape index (κ1) is 12.5. The van der Waals surface area contributed by atoms with Crippen molar-refractivity contribution in [1.82, 2.24) is 0 Å². The fourth-order valence-corrected chi connectivity index (χ4v) is 1.53. The third-order valence-corrected chi connectivity index (χ3v) is 2.46. The second-order valence-corrected chi connectivity index (χ2v) is 3.68. The van der Waals surface area contributed by atoms with Crippen molar-refractivity contribution < 1.29 is 9.53 Å². The first-order valence-electron chi connectivity index (χ1n) is 5.15. The van der Waals surface area contributed by atoms with Crippen molar-refractivity contribution in [1.29, 1.82) is 0 Å². The number of Topliss-reactive ketones (excluding diaryl/α,β-unsaturated/α-hetero) is 1. The lowest BCUT2D eigenvalue weighted by Crippen LogP contribution is -2.30. The van der Waals surface area contributed by atoms with Crippen LogP contribution >= 0.6 is 0 Å². The largest absolute Gasteiger partial charge is 0.497 e. The molecule has 1 aromatic carbocycles. The van der Waals surface area contributed by atoms with E-state index < -0.39 is 6.04 Å². The summed E-state index contributed by atoms with van der Waals surface area (Å²) in [5, 5.41) is 0. The molecule has 0 fully saturated rings. The number of nitrogens with two attached hydrogens (primary N) is 1. The van der Waals surface area contributed by atoms with Crippen LogP contribution < -0.4 is 10.5 Å². The second-order valence-electron chi connectivity index (χ2n) is 3.68. The Labute approximate surface area is 95.9 Å². The summed E-state index contributed by atoms with van der Waals surface area (Å²) in [6, 6.07) is 4.83. The maximum atomic E-state index is 11.9. The first-order valence-corrected chi connectivity index (χ1v) is 5.15. The van der Waals surface area contributed by atoms with E-state index in [1.807, 2.05) is 13.0 Å². The summed E-state index contributed by atoms with van der Waals surface area (Å²) in [4.78, 5) is 11.9. The molecule has 0 saturated carbocycles. The number of methoxy groups -OCH3 is 1. The normalized spacial score (nSPS) is 11.9. The van der Waals surface area contributed by atoms with Crippen LogP contribution in [-0.2, 0) is 0 Å². The molecule has 1 unspecified atom stereocenters. The summed E-state index contributed by atoms with van der Waals surface area (Å²) in [6.45, 7) is 5.45. The monoisotopic (exact) mass is 219 g/mol. The number of rotatable bonds is 5. The van der Waals surface area contributed by atoms with Crippen LogP contribution in [0.3, 0.4) is 0 Å². The first-order chi connectivity index (χ1) is 7.60. The Balaban J connectivity index is 2.95. The van der Waals surface area contributed by atoms with Crippen molar-refractivity contribution in [3.05, 3.63) is 42.0 Å². The van der Waals surface area contributed by atoms with Gasteiger partial charge in [-0.05, 0) is 37.1 Å². The van der Waals surface area contributed by atoms with Crippen molar-refractivity contribution >= 4 is 5.78 Å². The van der Waals surface area contributed by atoms with Gasteiger partial charge >= 0.3 is 0 Å². The molecule has 0 amide bonds. The molecular formula is C13H17NO2. The molecule has 0 radical (unpaired) electrons. The zero-order valence-electron chi connectivity index (χ0n) is 9.69. The van der Waals surface area contributed by atoms with Crippen LogP contribution in [-0.4, -0.2) is 18.9 Å². The van der Waals surface area contributed by atoms with Gasteiger partial charge in [-0.3, -0.25) is 4.79 Å². The minimum atomic E-state index is -0.510. The number of benzene rings is 1.